The van der Waals surface area contributed by atoms with E-state index in [1.165, 1.54) is 11.3 Å². The number of nitrogens with zero attached hydrogens (tertiary/aromatic N) is 2. The van der Waals surface area contributed by atoms with Crippen molar-refractivity contribution < 1.29 is 14.3 Å². The number of hydrogen-bond acceptors (Lipinski definition) is 7. The third kappa shape index (κ3) is 7.87. The Morgan fingerprint density at radius 1 is 1.02 bits per heavy atom. The highest BCUT2D eigenvalue weighted by atomic mass is 127. The number of halogens is 2. The lowest BCUT2D eigenvalue weighted by atomic mass is 10.1. The number of rotatable bonds is 11. The van der Waals surface area contributed by atoms with Crippen molar-refractivity contribution in [2.45, 2.75) is 13.5 Å². The summed E-state index contributed by atoms with van der Waals surface area (Å²) in [5, 5.41) is 10.8. The number of carbonyl (C=O) groups excluding carboxylic acids is 1. The Morgan fingerprint density at radius 3 is 2.52 bits per heavy atom. The number of ether oxygens (including phenoxy) is 2. The number of aromatic nitrogens is 1. The molecular formula is C32H26ClIN4O3S. The Hall–Kier alpha value is -3.93. The van der Waals surface area contributed by atoms with Gasteiger partial charge in [-0.3, -0.25) is 4.79 Å². The van der Waals surface area contributed by atoms with Crippen LogP contribution in [0.1, 0.15) is 28.4 Å². The Bertz CT molecular complexity index is 1680. The van der Waals surface area contributed by atoms with Gasteiger partial charge in [-0.2, -0.15) is 5.10 Å². The summed E-state index contributed by atoms with van der Waals surface area (Å²) in [6.45, 7) is 2.85. The zero-order valence-electron chi connectivity index (χ0n) is 22.5. The van der Waals surface area contributed by atoms with Gasteiger partial charge in [0, 0.05) is 27.2 Å². The third-order valence-electron chi connectivity index (χ3n) is 5.98. The van der Waals surface area contributed by atoms with E-state index in [2.05, 4.69) is 43.4 Å². The molecule has 1 heterocycles. The molecule has 4 aromatic carbocycles. The van der Waals surface area contributed by atoms with E-state index in [1.54, 1.807) is 18.3 Å². The van der Waals surface area contributed by atoms with Crippen molar-refractivity contribution in [1.29, 1.82) is 0 Å². The molecule has 5 aromatic rings. The lowest BCUT2D eigenvalue weighted by molar-refractivity contribution is 0.0955. The minimum atomic E-state index is -0.316. The zero-order chi connectivity index (χ0) is 29.3. The monoisotopic (exact) mass is 708 g/mol. The first kappa shape index (κ1) is 29.6. The van der Waals surface area contributed by atoms with Gasteiger partial charge in [0.2, 0.25) is 0 Å². The van der Waals surface area contributed by atoms with Gasteiger partial charge < -0.3 is 14.8 Å². The highest BCUT2D eigenvalue weighted by molar-refractivity contribution is 14.1. The van der Waals surface area contributed by atoms with Crippen molar-refractivity contribution in [2.75, 3.05) is 11.9 Å². The van der Waals surface area contributed by atoms with E-state index in [1.807, 2.05) is 91.2 Å². The molecule has 7 nitrogen and oxygen atoms in total. The quantitative estimate of drug-likeness (QED) is 0.0817. The minimum absolute atomic E-state index is 0.316. The first-order chi connectivity index (χ1) is 20.5. The summed E-state index contributed by atoms with van der Waals surface area (Å²) in [5.74, 6) is 0.983. The summed E-state index contributed by atoms with van der Waals surface area (Å²) in [7, 11) is 0. The zero-order valence-corrected chi connectivity index (χ0v) is 26.2. The van der Waals surface area contributed by atoms with E-state index < -0.39 is 0 Å². The van der Waals surface area contributed by atoms with Gasteiger partial charge in [0.1, 0.15) is 6.61 Å². The fourth-order valence-corrected chi connectivity index (χ4v) is 5.58. The molecule has 0 aliphatic heterocycles. The largest absolute Gasteiger partial charge is 0.490 e. The average molecular weight is 709 g/mol. The van der Waals surface area contributed by atoms with Crippen LogP contribution < -0.4 is 20.2 Å². The van der Waals surface area contributed by atoms with Crippen molar-refractivity contribution in [3.8, 4) is 22.8 Å². The van der Waals surface area contributed by atoms with E-state index in [0.29, 0.717) is 35.3 Å². The predicted octanol–water partition coefficient (Wildman–Crippen LogP) is 8.55. The molecule has 0 fully saturated rings. The van der Waals surface area contributed by atoms with Crippen LogP contribution in [0.15, 0.2) is 101 Å². The lowest BCUT2D eigenvalue weighted by Gasteiger charge is -2.14. The highest BCUT2D eigenvalue weighted by Crippen LogP contribution is 2.34. The number of nitrogens with one attached hydrogen (secondary N) is 2. The van der Waals surface area contributed by atoms with Crippen LogP contribution >= 0.6 is 45.5 Å². The molecule has 0 radical (unpaired) electrons. The van der Waals surface area contributed by atoms with Gasteiger partial charge in [-0.15, -0.1) is 11.3 Å². The average Bonchev–Trinajstić information content (AvgIpc) is 3.47. The van der Waals surface area contributed by atoms with Crippen molar-refractivity contribution in [3.05, 3.63) is 122 Å². The van der Waals surface area contributed by atoms with E-state index in [4.69, 9.17) is 21.1 Å². The molecule has 1 amide bonds. The van der Waals surface area contributed by atoms with E-state index in [-0.39, 0.29) is 5.91 Å². The minimum Gasteiger partial charge on any atom is -0.490 e. The number of carbonyl (C=O) groups is 1. The van der Waals surface area contributed by atoms with Crippen LogP contribution in [0.2, 0.25) is 5.02 Å². The molecule has 0 spiro atoms. The van der Waals surface area contributed by atoms with E-state index in [9.17, 15) is 4.79 Å². The van der Waals surface area contributed by atoms with Crippen LogP contribution in [0.4, 0.5) is 10.8 Å². The maximum absolute atomic E-state index is 12.7. The number of hydrogen-bond donors (Lipinski definition) is 2. The van der Waals surface area contributed by atoms with Crippen LogP contribution in [0, 0.1) is 3.57 Å². The number of amides is 1. The molecule has 0 atom stereocenters. The van der Waals surface area contributed by atoms with Gasteiger partial charge in [-0.1, -0.05) is 54.1 Å². The maximum atomic E-state index is 12.7. The van der Waals surface area contributed by atoms with Crippen molar-refractivity contribution in [2.24, 2.45) is 5.10 Å². The Morgan fingerprint density at radius 2 is 1.79 bits per heavy atom. The summed E-state index contributed by atoms with van der Waals surface area (Å²) in [6.07, 6.45) is 1.59. The van der Waals surface area contributed by atoms with Gasteiger partial charge in [0.15, 0.2) is 16.6 Å². The maximum Gasteiger partial charge on any atom is 0.271 e. The molecule has 5 rings (SSSR count). The molecule has 1 aromatic heterocycles. The van der Waals surface area contributed by atoms with E-state index >= 15 is 0 Å². The van der Waals surface area contributed by atoms with Gasteiger partial charge in [-0.05, 0) is 89.2 Å². The van der Waals surface area contributed by atoms with Crippen molar-refractivity contribution in [3.63, 3.8) is 0 Å². The molecule has 0 saturated carbocycles. The lowest BCUT2D eigenvalue weighted by Crippen LogP contribution is -2.17. The molecule has 0 unspecified atom stereocenters. The predicted molar refractivity (Wildman–Crippen MR) is 178 cm³/mol. The second-order valence-electron chi connectivity index (χ2n) is 8.98. The summed E-state index contributed by atoms with van der Waals surface area (Å²) in [5.41, 5.74) is 7.56. The first-order valence-electron chi connectivity index (χ1n) is 13.0. The third-order valence-corrected chi connectivity index (χ3v) is 7.79. The second kappa shape index (κ2) is 14.3. The molecule has 212 valence electrons. The topological polar surface area (TPSA) is 84.8 Å². The van der Waals surface area contributed by atoms with Crippen LogP contribution in [0.5, 0.6) is 11.5 Å². The highest BCUT2D eigenvalue weighted by Gasteiger charge is 2.13. The van der Waals surface area contributed by atoms with Crippen LogP contribution in [-0.4, -0.2) is 23.7 Å². The van der Waals surface area contributed by atoms with Crippen molar-refractivity contribution >= 4 is 68.5 Å². The standard InChI is InChI=1S/C32H26ClIN4O3S/c1-2-40-29-17-22(16-27(34)30(29)41-19-21-6-4-3-5-7-21)18-35-38-31(39)24-10-8-23(9-11-24)28-20-42-32(37-28)36-26-14-12-25(33)13-15-26/h3-18,20H,2,19H2,1H3,(H,36,37)(H,38,39)/b35-18-. The van der Waals surface area contributed by atoms with Crippen molar-refractivity contribution in [1.82, 2.24) is 10.4 Å². The summed E-state index contributed by atoms with van der Waals surface area (Å²) < 4.78 is 12.8. The SMILES string of the molecule is CCOc1cc(/C=N\NC(=O)c2ccc(-c3csc(Nc4ccc(Cl)cc4)n3)cc2)cc(I)c1OCc1ccccc1. The molecule has 0 aliphatic carbocycles. The Labute approximate surface area is 266 Å². The van der Waals surface area contributed by atoms with Crippen LogP contribution in [-0.2, 0) is 6.61 Å². The normalized spacial score (nSPS) is 10.9. The Balaban J connectivity index is 1.19. The summed E-state index contributed by atoms with van der Waals surface area (Å²) >= 11 is 9.67. The molecule has 2 N–H and O–H groups in total. The molecular weight excluding hydrogens is 683 g/mol. The smallest absolute Gasteiger partial charge is 0.271 e. The molecule has 0 aliphatic rings. The van der Waals surface area contributed by atoms with Gasteiger partial charge in [-0.25, -0.2) is 10.4 Å². The summed E-state index contributed by atoms with van der Waals surface area (Å²) in [4.78, 5) is 17.4. The number of thiazole rings is 1. The number of anilines is 2. The first-order valence-corrected chi connectivity index (χ1v) is 15.4. The molecule has 10 heteroatoms. The summed E-state index contributed by atoms with van der Waals surface area (Å²) in [6, 6.07) is 28.4. The molecule has 0 saturated heterocycles. The molecule has 42 heavy (non-hydrogen) atoms. The van der Waals surface area contributed by atoms with Crippen LogP contribution in [0.25, 0.3) is 11.3 Å². The second-order valence-corrected chi connectivity index (χ2v) is 11.4. The fraction of sp³-hybridized carbons (Fsp3) is 0.0938. The van der Waals surface area contributed by atoms with E-state index in [0.717, 1.165) is 36.8 Å². The van der Waals surface area contributed by atoms with Gasteiger partial charge >= 0.3 is 0 Å². The van der Waals surface area contributed by atoms with Crippen LogP contribution in [0.3, 0.4) is 0 Å². The number of benzene rings is 4. The number of hydrazone groups is 1. The van der Waals surface area contributed by atoms with Gasteiger partial charge in [0.25, 0.3) is 5.91 Å². The molecule has 0 bridgehead atoms. The Kier molecular flexibility index (Phi) is 10.1. The fourth-order valence-electron chi connectivity index (χ4n) is 3.94. The van der Waals surface area contributed by atoms with Gasteiger partial charge in [0.05, 0.1) is 22.1 Å².